The smallest absolute Gasteiger partial charge is 0.267 e. The SMILES string of the molecule is Cc1ccc(-n2c(-c3cc(F)c(S(N)(=O)=O)cc3F)csc2=O)cc1. The number of sulfonamides is 1. The molecule has 0 aliphatic carbocycles. The molecule has 0 aliphatic heterocycles. The van der Waals surface area contributed by atoms with E-state index in [9.17, 15) is 22.0 Å². The Balaban J connectivity index is 2.24. The number of nitrogens with two attached hydrogens (primary N) is 1. The highest BCUT2D eigenvalue weighted by atomic mass is 32.2. The molecule has 0 fully saturated rings. The summed E-state index contributed by atoms with van der Waals surface area (Å²) in [6.45, 7) is 1.88. The van der Waals surface area contributed by atoms with E-state index in [2.05, 4.69) is 0 Å². The van der Waals surface area contributed by atoms with Gasteiger partial charge in [0, 0.05) is 10.9 Å². The summed E-state index contributed by atoms with van der Waals surface area (Å²) >= 11 is 0.825. The van der Waals surface area contributed by atoms with Crippen molar-refractivity contribution in [2.24, 2.45) is 5.14 Å². The van der Waals surface area contributed by atoms with E-state index in [1.807, 2.05) is 6.92 Å². The lowest BCUT2D eigenvalue weighted by atomic mass is 10.1. The lowest BCUT2D eigenvalue weighted by Gasteiger charge is -2.10. The van der Waals surface area contributed by atoms with Gasteiger partial charge in [-0.2, -0.15) is 0 Å². The Morgan fingerprint density at radius 3 is 2.32 bits per heavy atom. The Morgan fingerprint density at radius 1 is 1.08 bits per heavy atom. The van der Waals surface area contributed by atoms with E-state index in [0.29, 0.717) is 11.8 Å². The van der Waals surface area contributed by atoms with Crippen molar-refractivity contribution in [3.8, 4) is 16.9 Å². The number of rotatable bonds is 3. The van der Waals surface area contributed by atoms with Crippen LogP contribution < -0.4 is 10.0 Å². The Kier molecular flexibility index (Phi) is 4.31. The van der Waals surface area contributed by atoms with E-state index >= 15 is 0 Å². The Labute approximate surface area is 146 Å². The van der Waals surface area contributed by atoms with Crippen LogP contribution in [0.2, 0.25) is 0 Å². The van der Waals surface area contributed by atoms with Gasteiger partial charge < -0.3 is 0 Å². The summed E-state index contributed by atoms with van der Waals surface area (Å²) < 4.78 is 52.3. The van der Waals surface area contributed by atoms with Crippen molar-refractivity contribution in [1.29, 1.82) is 0 Å². The van der Waals surface area contributed by atoms with Gasteiger partial charge in [0.2, 0.25) is 10.0 Å². The second-order valence-electron chi connectivity index (χ2n) is 5.37. The van der Waals surface area contributed by atoms with Crippen molar-refractivity contribution >= 4 is 21.4 Å². The molecule has 130 valence electrons. The van der Waals surface area contributed by atoms with Gasteiger partial charge >= 0.3 is 4.87 Å². The molecule has 2 aromatic carbocycles. The molecule has 25 heavy (non-hydrogen) atoms. The van der Waals surface area contributed by atoms with Crippen molar-refractivity contribution in [2.45, 2.75) is 11.8 Å². The number of hydrogen-bond acceptors (Lipinski definition) is 4. The highest BCUT2D eigenvalue weighted by molar-refractivity contribution is 7.89. The number of halogens is 2. The highest BCUT2D eigenvalue weighted by Crippen LogP contribution is 2.29. The van der Waals surface area contributed by atoms with Gasteiger partial charge in [0.1, 0.15) is 16.5 Å². The molecular weight excluding hydrogens is 370 g/mol. The summed E-state index contributed by atoms with van der Waals surface area (Å²) in [5.74, 6) is -2.18. The van der Waals surface area contributed by atoms with Crippen LogP contribution in [0.25, 0.3) is 16.9 Å². The second kappa shape index (κ2) is 6.17. The van der Waals surface area contributed by atoms with Gasteiger partial charge in [-0.3, -0.25) is 9.36 Å². The number of aryl methyl sites for hydroxylation is 1. The number of benzene rings is 2. The minimum atomic E-state index is -4.40. The van der Waals surface area contributed by atoms with Crippen LogP contribution in [-0.4, -0.2) is 13.0 Å². The van der Waals surface area contributed by atoms with Gasteiger partial charge in [0.05, 0.1) is 11.4 Å². The van der Waals surface area contributed by atoms with Gasteiger partial charge in [-0.25, -0.2) is 22.3 Å². The number of thiazole rings is 1. The van der Waals surface area contributed by atoms with Crippen molar-refractivity contribution < 1.29 is 17.2 Å². The molecule has 3 rings (SSSR count). The Morgan fingerprint density at radius 2 is 1.72 bits per heavy atom. The van der Waals surface area contributed by atoms with Crippen LogP contribution in [0.3, 0.4) is 0 Å². The van der Waals surface area contributed by atoms with Crippen molar-refractivity contribution in [3.63, 3.8) is 0 Å². The first-order valence-corrected chi connectivity index (χ1v) is 9.41. The summed E-state index contributed by atoms with van der Waals surface area (Å²) in [5, 5.41) is 6.25. The molecule has 0 unspecified atom stereocenters. The molecule has 9 heteroatoms. The first-order chi connectivity index (χ1) is 11.7. The topological polar surface area (TPSA) is 82.2 Å². The third-order valence-electron chi connectivity index (χ3n) is 3.59. The van der Waals surface area contributed by atoms with Crippen LogP contribution in [0.15, 0.2) is 51.5 Å². The van der Waals surface area contributed by atoms with Crippen LogP contribution in [0.1, 0.15) is 5.56 Å². The maximum absolute atomic E-state index is 14.4. The molecule has 0 amide bonds. The molecule has 0 saturated heterocycles. The Bertz CT molecular complexity index is 1120. The molecule has 5 nitrogen and oxygen atoms in total. The zero-order valence-electron chi connectivity index (χ0n) is 12.9. The first kappa shape index (κ1) is 17.5. The summed E-state index contributed by atoms with van der Waals surface area (Å²) in [4.78, 5) is 10.9. The zero-order chi connectivity index (χ0) is 18.4. The molecule has 0 saturated carbocycles. The molecular formula is C16H12F2N2O3S2. The van der Waals surface area contributed by atoms with Gasteiger partial charge in [-0.1, -0.05) is 29.0 Å². The fourth-order valence-electron chi connectivity index (χ4n) is 2.38. The monoisotopic (exact) mass is 382 g/mol. The number of aromatic nitrogens is 1. The van der Waals surface area contributed by atoms with Crippen LogP contribution in [-0.2, 0) is 10.0 Å². The molecule has 1 heterocycles. The van der Waals surface area contributed by atoms with Crippen molar-refractivity contribution in [2.75, 3.05) is 0 Å². The lowest BCUT2D eigenvalue weighted by Crippen LogP contribution is -2.15. The molecule has 0 radical (unpaired) electrons. The van der Waals surface area contributed by atoms with Gasteiger partial charge in [0.25, 0.3) is 0 Å². The molecule has 0 spiro atoms. The normalized spacial score (nSPS) is 11.7. The second-order valence-corrected chi connectivity index (χ2v) is 7.72. The van der Waals surface area contributed by atoms with Gasteiger partial charge in [0.15, 0.2) is 0 Å². The van der Waals surface area contributed by atoms with Crippen molar-refractivity contribution in [1.82, 2.24) is 4.57 Å². The summed E-state index contributed by atoms with van der Waals surface area (Å²) in [6.07, 6.45) is 0. The largest absolute Gasteiger partial charge is 0.312 e. The quantitative estimate of drug-likeness (QED) is 0.756. The van der Waals surface area contributed by atoms with E-state index in [0.717, 1.165) is 23.0 Å². The van der Waals surface area contributed by atoms with Crippen LogP contribution in [0, 0.1) is 18.6 Å². The predicted molar refractivity (Wildman–Crippen MR) is 91.4 cm³/mol. The van der Waals surface area contributed by atoms with Gasteiger partial charge in [-0.15, -0.1) is 0 Å². The van der Waals surface area contributed by atoms with Gasteiger partial charge in [-0.05, 0) is 31.2 Å². The number of nitrogens with zero attached hydrogens (tertiary/aromatic N) is 1. The zero-order valence-corrected chi connectivity index (χ0v) is 14.5. The molecule has 0 atom stereocenters. The molecule has 0 bridgehead atoms. The van der Waals surface area contributed by atoms with Crippen molar-refractivity contribution in [3.05, 3.63) is 68.6 Å². The fraction of sp³-hybridized carbons (Fsp3) is 0.0625. The summed E-state index contributed by atoms with van der Waals surface area (Å²) in [6, 6.07) is 8.16. The van der Waals surface area contributed by atoms with E-state index in [1.165, 1.54) is 9.95 Å². The highest BCUT2D eigenvalue weighted by Gasteiger charge is 2.21. The summed E-state index contributed by atoms with van der Waals surface area (Å²) in [7, 11) is -4.40. The standard InChI is InChI=1S/C16H12F2N2O3S2/c1-9-2-4-10(5-3-9)20-14(8-24-16(20)21)11-6-13(18)15(7-12(11)17)25(19,22)23/h2-8H,1H3,(H2,19,22,23). The van der Waals surface area contributed by atoms with Crippen LogP contribution in [0.5, 0.6) is 0 Å². The van der Waals surface area contributed by atoms with E-state index < -0.39 is 26.6 Å². The summed E-state index contributed by atoms with van der Waals surface area (Å²) in [5.41, 5.74) is 1.35. The lowest BCUT2D eigenvalue weighted by molar-refractivity contribution is 0.555. The maximum Gasteiger partial charge on any atom is 0.312 e. The van der Waals surface area contributed by atoms with E-state index in [-0.39, 0.29) is 16.1 Å². The number of primary sulfonamides is 1. The Hall–Kier alpha value is -2.36. The minimum absolute atomic E-state index is 0.122. The molecule has 3 aromatic rings. The third-order valence-corrected chi connectivity index (χ3v) is 5.24. The fourth-order valence-corrected chi connectivity index (χ4v) is 3.73. The average molecular weight is 382 g/mol. The molecule has 2 N–H and O–H groups in total. The maximum atomic E-state index is 14.4. The average Bonchev–Trinajstić information content (AvgIpc) is 2.90. The minimum Gasteiger partial charge on any atom is -0.267 e. The predicted octanol–water partition coefficient (Wildman–Crippen LogP) is 2.80. The van der Waals surface area contributed by atoms with E-state index in [4.69, 9.17) is 5.14 Å². The third kappa shape index (κ3) is 3.26. The number of hydrogen-bond donors (Lipinski definition) is 1. The molecule has 0 aliphatic rings. The van der Waals surface area contributed by atoms with Crippen LogP contribution in [0.4, 0.5) is 8.78 Å². The molecule has 1 aromatic heterocycles. The van der Waals surface area contributed by atoms with Crippen LogP contribution >= 0.6 is 11.3 Å². The first-order valence-electron chi connectivity index (χ1n) is 6.98. The van der Waals surface area contributed by atoms with E-state index in [1.54, 1.807) is 24.3 Å².